The summed E-state index contributed by atoms with van der Waals surface area (Å²) in [4.78, 5) is 40.2. The second kappa shape index (κ2) is 5.48. The standard InChI is InChI=1S/C16H8N4O6/c21-16-10(15-17-11-3-1-2-4-12(11)18-15)6-8-5-9(19(22)23)7-13(20(24)25)14(8)26-16/h1-7H,(H,17,18). The first kappa shape index (κ1) is 15.4. The largest absolute Gasteiger partial charge is 0.415 e. The van der Waals surface area contributed by atoms with Crippen molar-refractivity contribution in [3.8, 4) is 11.4 Å². The number of hydrogen-bond donors (Lipinski definition) is 1. The van der Waals surface area contributed by atoms with Crippen LogP contribution in [0.4, 0.5) is 11.4 Å². The van der Waals surface area contributed by atoms with Crippen LogP contribution in [0.3, 0.4) is 0 Å². The molecule has 10 nitrogen and oxygen atoms in total. The van der Waals surface area contributed by atoms with Gasteiger partial charge in [0.2, 0.25) is 5.58 Å². The maximum Gasteiger partial charge on any atom is 0.347 e. The lowest BCUT2D eigenvalue weighted by Crippen LogP contribution is -2.05. The van der Waals surface area contributed by atoms with E-state index in [1.807, 2.05) is 0 Å². The summed E-state index contributed by atoms with van der Waals surface area (Å²) in [5.74, 6) is 0.205. The fourth-order valence-corrected chi connectivity index (χ4v) is 2.69. The average Bonchev–Trinajstić information content (AvgIpc) is 3.03. The number of aromatic amines is 1. The van der Waals surface area contributed by atoms with E-state index in [0.717, 1.165) is 12.1 Å². The molecule has 26 heavy (non-hydrogen) atoms. The quantitative estimate of drug-likeness (QED) is 0.338. The van der Waals surface area contributed by atoms with E-state index in [9.17, 15) is 25.0 Å². The van der Waals surface area contributed by atoms with Crippen molar-refractivity contribution in [3.63, 3.8) is 0 Å². The number of fused-ring (bicyclic) bond motifs is 2. The van der Waals surface area contributed by atoms with Gasteiger partial charge in [-0.15, -0.1) is 0 Å². The number of imidazole rings is 1. The van der Waals surface area contributed by atoms with Crippen molar-refractivity contribution in [2.45, 2.75) is 0 Å². The van der Waals surface area contributed by atoms with Gasteiger partial charge in [0.1, 0.15) is 11.4 Å². The molecule has 0 radical (unpaired) electrons. The van der Waals surface area contributed by atoms with Crippen molar-refractivity contribution in [1.29, 1.82) is 0 Å². The summed E-state index contributed by atoms with van der Waals surface area (Å²) in [6.07, 6.45) is 0. The molecule has 0 atom stereocenters. The third-order valence-electron chi connectivity index (χ3n) is 3.85. The Hall–Kier alpha value is -4.08. The number of para-hydroxylation sites is 2. The van der Waals surface area contributed by atoms with Crippen LogP contribution in [0, 0.1) is 20.2 Å². The molecule has 0 amide bonds. The number of nitrogens with one attached hydrogen (secondary N) is 1. The fraction of sp³-hybridized carbons (Fsp3) is 0. The molecule has 0 saturated heterocycles. The lowest BCUT2D eigenvalue weighted by molar-refractivity contribution is -0.393. The average molecular weight is 352 g/mol. The van der Waals surface area contributed by atoms with Gasteiger partial charge in [-0.1, -0.05) is 12.1 Å². The monoisotopic (exact) mass is 352 g/mol. The molecule has 4 aromatic rings. The molecule has 1 N–H and O–H groups in total. The third kappa shape index (κ3) is 2.36. The van der Waals surface area contributed by atoms with E-state index in [1.165, 1.54) is 6.07 Å². The summed E-state index contributed by atoms with van der Waals surface area (Å²) in [5, 5.41) is 22.3. The minimum Gasteiger partial charge on any atom is -0.415 e. The van der Waals surface area contributed by atoms with E-state index >= 15 is 0 Å². The highest BCUT2D eigenvalue weighted by atomic mass is 16.6. The highest BCUT2D eigenvalue weighted by Crippen LogP contribution is 2.32. The van der Waals surface area contributed by atoms with Crippen LogP contribution in [0.1, 0.15) is 0 Å². The van der Waals surface area contributed by atoms with Crippen molar-refractivity contribution in [3.05, 3.63) is 73.1 Å². The summed E-state index contributed by atoms with van der Waals surface area (Å²) >= 11 is 0. The first-order valence-electron chi connectivity index (χ1n) is 7.30. The predicted molar refractivity (Wildman–Crippen MR) is 90.9 cm³/mol. The van der Waals surface area contributed by atoms with Crippen molar-refractivity contribution >= 4 is 33.4 Å². The molecule has 0 spiro atoms. The fourth-order valence-electron chi connectivity index (χ4n) is 2.69. The van der Waals surface area contributed by atoms with Gasteiger partial charge in [-0.25, -0.2) is 9.78 Å². The van der Waals surface area contributed by atoms with E-state index in [-0.39, 0.29) is 22.4 Å². The van der Waals surface area contributed by atoms with Gasteiger partial charge in [-0.3, -0.25) is 20.2 Å². The Balaban J connectivity index is 2.02. The molecular formula is C16H8N4O6. The summed E-state index contributed by atoms with van der Waals surface area (Å²) in [6.45, 7) is 0. The van der Waals surface area contributed by atoms with Gasteiger partial charge in [-0.2, -0.15) is 0 Å². The van der Waals surface area contributed by atoms with Crippen molar-refractivity contribution in [2.75, 3.05) is 0 Å². The van der Waals surface area contributed by atoms with Gasteiger partial charge in [0.05, 0.1) is 26.9 Å². The zero-order valence-electron chi connectivity index (χ0n) is 12.8. The van der Waals surface area contributed by atoms with Crippen molar-refractivity contribution in [1.82, 2.24) is 9.97 Å². The second-order valence-corrected chi connectivity index (χ2v) is 5.45. The number of hydrogen-bond acceptors (Lipinski definition) is 7. The molecule has 4 rings (SSSR count). The number of aromatic nitrogens is 2. The minimum absolute atomic E-state index is 0.0171. The van der Waals surface area contributed by atoms with Crippen LogP contribution < -0.4 is 5.63 Å². The third-order valence-corrected chi connectivity index (χ3v) is 3.85. The number of non-ortho nitro benzene ring substituents is 2. The first-order valence-corrected chi connectivity index (χ1v) is 7.30. The summed E-state index contributed by atoms with van der Waals surface area (Å²) in [7, 11) is 0. The first-order chi connectivity index (χ1) is 12.4. The van der Waals surface area contributed by atoms with Gasteiger partial charge in [0, 0.05) is 11.5 Å². The Morgan fingerprint density at radius 1 is 1.04 bits per heavy atom. The number of H-pyrrole nitrogens is 1. The van der Waals surface area contributed by atoms with Crippen LogP contribution in [-0.4, -0.2) is 19.8 Å². The topological polar surface area (TPSA) is 145 Å². The number of rotatable bonds is 3. The molecule has 2 aromatic carbocycles. The molecule has 0 fully saturated rings. The number of nitro benzene ring substituents is 2. The minimum atomic E-state index is -0.839. The van der Waals surface area contributed by atoms with Crippen LogP contribution in [0.5, 0.6) is 0 Å². The molecule has 0 saturated carbocycles. The number of benzene rings is 2. The SMILES string of the molecule is O=c1oc2c([N+](=O)[O-])cc([N+](=O)[O-])cc2cc1-c1nc2ccccc2[nH]1. The molecule has 0 aliphatic rings. The normalized spacial score (nSPS) is 11.1. The number of nitrogens with zero attached hydrogens (tertiary/aromatic N) is 3. The molecule has 0 aliphatic heterocycles. The molecule has 0 aliphatic carbocycles. The molecule has 10 heteroatoms. The van der Waals surface area contributed by atoms with E-state index in [4.69, 9.17) is 4.42 Å². The Morgan fingerprint density at radius 2 is 1.81 bits per heavy atom. The smallest absolute Gasteiger partial charge is 0.347 e. The van der Waals surface area contributed by atoms with E-state index < -0.39 is 26.8 Å². The van der Waals surface area contributed by atoms with E-state index in [1.54, 1.807) is 24.3 Å². The Morgan fingerprint density at radius 3 is 2.50 bits per heavy atom. The van der Waals surface area contributed by atoms with Crippen LogP contribution in [0.2, 0.25) is 0 Å². The maximum absolute atomic E-state index is 12.3. The van der Waals surface area contributed by atoms with Crippen LogP contribution in [0.15, 0.2) is 51.7 Å². The Kier molecular flexibility index (Phi) is 3.26. The predicted octanol–water partition coefficient (Wildman–Crippen LogP) is 3.15. The van der Waals surface area contributed by atoms with E-state index in [2.05, 4.69) is 9.97 Å². The van der Waals surface area contributed by atoms with Crippen LogP contribution in [-0.2, 0) is 0 Å². The lowest BCUT2D eigenvalue weighted by Gasteiger charge is -2.01. The highest BCUT2D eigenvalue weighted by Gasteiger charge is 2.23. The van der Waals surface area contributed by atoms with E-state index in [0.29, 0.717) is 11.0 Å². The molecular weight excluding hydrogens is 344 g/mol. The zero-order chi connectivity index (χ0) is 18.4. The zero-order valence-corrected chi connectivity index (χ0v) is 12.8. The van der Waals surface area contributed by atoms with Crippen LogP contribution in [0.25, 0.3) is 33.4 Å². The molecule has 2 aromatic heterocycles. The van der Waals surface area contributed by atoms with Gasteiger partial charge in [0.25, 0.3) is 5.69 Å². The van der Waals surface area contributed by atoms with Crippen molar-refractivity contribution < 1.29 is 14.3 Å². The maximum atomic E-state index is 12.3. The van der Waals surface area contributed by atoms with Gasteiger partial charge in [0.15, 0.2) is 0 Å². The Labute approximate surface area is 143 Å². The van der Waals surface area contributed by atoms with Crippen molar-refractivity contribution in [2.24, 2.45) is 0 Å². The summed E-state index contributed by atoms with van der Waals surface area (Å²) in [6, 6.07) is 10.2. The Bertz CT molecular complexity index is 1240. The molecule has 0 bridgehead atoms. The lowest BCUT2D eigenvalue weighted by atomic mass is 10.1. The summed E-state index contributed by atoms with van der Waals surface area (Å²) in [5.41, 5.74) is -0.974. The summed E-state index contributed by atoms with van der Waals surface area (Å²) < 4.78 is 5.09. The van der Waals surface area contributed by atoms with Crippen LogP contribution >= 0.6 is 0 Å². The molecule has 2 heterocycles. The molecule has 0 unspecified atom stereocenters. The number of nitro groups is 2. The van der Waals surface area contributed by atoms with Gasteiger partial charge >= 0.3 is 11.3 Å². The second-order valence-electron chi connectivity index (χ2n) is 5.45. The highest BCUT2D eigenvalue weighted by molar-refractivity contribution is 5.90. The van der Waals surface area contributed by atoms with Gasteiger partial charge < -0.3 is 9.40 Å². The van der Waals surface area contributed by atoms with Gasteiger partial charge in [-0.05, 0) is 18.2 Å². The molecule has 128 valence electrons.